The first-order valence-electron chi connectivity index (χ1n) is 10.3. The maximum Gasteiger partial charge on any atom is 2.00 e. The summed E-state index contributed by atoms with van der Waals surface area (Å²) in [7, 11) is 0. The van der Waals surface area contributed by atoms with Crippen LogP contribution in [0.5, 0.6) is 11.5 Å². The molecule has 0 spiro atoms. The van der Waals surface area contributed by atoms with E-state index in [4.69, 9.17) is 9.47 Å². The third-order valence-electron chi connectivity index (χ3n) is 4.53. The van der Waals surface area contributed by atoms with Crippen molar-refractivity contribution in [1.82, 2.24) is 19.1 Å². The summed E-state index contributed by atoms with van der Waals surface area (Å²) in [5, 5.41) is 21.0. The predicted molar refractivity (Wildman–Crippen MR) is 133 cm³/mol. The molecule has 10 nitrogen and oxygen atoms in total. The van der Waals surface area contributed by atoms with Crippen LogP contribution in [0.4, 0.5) is 0 Å². The quantitative estimate of drug-likeness (QED) is 0.251. The number of aromatic nitrogens is 4. The Morgan fingerprint density at radius 1 is 0.694 bits per heavy atom. The van der Waals surface area contributed by atoms with Crippen LogP contribution in [0.25, 0.3) is 0 Å². The van der Waals surface area contributed by atoms with E-state index in [1.807, 2.05) is 21.5 Å². The molecule has 0 bridgehead atoms. The van der Waals surface area contributed by atoms with Crippen molar-refractivity contribution in [3.05, 3.63) is 97.1 Å². The summed E-state index contributed by atoms with van der Waals surface area (Å²) in [6, 6.07) is 12.3. The minimum Gasteiger partial charge on any atom is -0.545 e. The van der Waals surface area contributed by atoms with Gasteiger partial charge in [0.05, 0.1) is 37.7 Å². The summed E-state index contributed by atoms with van der Waals surface area (Å²) >= 11 is 0. The molecule has 0 N–H and O–H groups in total. The second kappa shape index (κ2) is 16.7. The molecule has 2 aromatic carbocycles. The zero-order valence-electron chi connectivity index (χ0n) is 19.3. The van der Waals surface area contributed by atoms with Crippen LogP contribution < -0.4 is 19.7 Å². The van der Waals surface area contributed by atoms with Crippen molar-refractivity contribution in [1.29, 1.82) is 0 Å². The molecular formula is C24H23BrCaN4O6. The van der Waals surface area contributed by atoms with Crippen LogP contribution in [0.2, 0.25) is 0 Å². The molecule has 184 valence electrons. The van der Waals surface area contributed by atoms with Gasteiger partial charge in [0, 0.05) is 24.8 Å². The smallest absolute Gasteiger partial charge is 0.545 e. The molecule has 4 aromatic rings. The van der Waals surface area contributed by atoms with Gasteiger partial charge in [-0.25, -0.2) is 9.97 Å². The van der Waals surface area contributed by atoms with Crippen LogP contribution >= 0.6 is 17.0 Å². The topological polar surface area (TPSA) is 134 Å². The van der Waals surface area contributed by atoms with Gasteiger partial charge in [0.2, 0.25) is 0 Å². The van der Waals surface area contributed by atoms with Crippen molar-refractivity contribution in [2.45, 2.75) is 13.1 Å². The summed E-state index contributed by atoms with van der Waals surface area (Å²) in [4.78, 5) is 28.9. The van der Waals surface area contributed by atoms with Gasteiger partial charge < -0.3 is 38.4 Å². The van der Waals surface area contributed by atoms with Crippen LogP contribution in [-0.4, -0.2) is 82.0 Å². The standard InChI is InChI=1S/2C12H12N2O3.BrH.Ca/c2*15-12(16)10-1-3-11(4-2-10)17-8-7-14-6-5-13-9-14;;/h2*1-6,9H,7-8H2,(H,15,16);1H;/q;;;+2/p-2. The first-order valence-corrected chi connectivity index (χ1v) is 10.3. The van der Waals surface area contributed by atoms with Crippen LogP contribution in [-0.2, 0) is 13.1 Å². The van der Waals surface area contributed by atoms with E-state index in [0.717, 1.165) is 0 Å². The number of halogens is 1. The van der Waals surface area contributed by atoms with Gasteiger partial charge in [-0.3, -0.25) is 0 Å². The minimum atomic E-state index is -1.19. The Morgan fingerprint density at radius 2 is 1.06 bits per heavy atom. The SMILES string of the molecule is Br.O=C([O-])c1ccc(OCCn2ccnc2)cc1.O=C([O-])c1ccc(OCCn2ccnc2)cc1.[Ca+2]. The molecule has 0 fully saturated rings. The number of carbonyl (C=O) groups excluding carboxylic acids is 2. The van der Waals surface area contributed by atoms with E-state index in [1.165, 1.54) is 24.3 Å². The van der Waals surface area contributed by atoms with E-state index in [2.05, 4.69) is 9.97 Å². The summed E-state index contributed by atoms with van der Waals surface area (Å²) in [5.74, 6) is -1.10. The Morgan fingerprint density at radius 3 is 1.33 bits per heavy atom. The molecule has 0 amide bonds. The normalized spacial score (nSPS) is 9.56. The third kappa shape index (κ3) is 10.8. The molecular weight excluding hydrogens is 560 g/mol. The van der Waals surface area contributed by atoms with Crippen molar-refractivity contribution in [2.24, 2.45) is 0 Å². The first-order chi connectivity index (χ1) is 16.5. The van der Waals surface area contributed by atoms with Gasteiger partial charge in [0.15, 0.2) is 0 Å². The molecule has 0 saturated carbocycles. The average Bonchev–Trinajstić information content (AvgIpc) is 3.55. The van der Waals surface area contributed by atoms with Gasteiger partial charge in [0.1, 0.15) is 24.7 Å². The van der Waals surface area contributed by atoms with Crippen molar-refractivity contribution in [3.8, 4) is 11.5 Å². The van der Waals surface area contributed by atoms with Gasteiger partial charge in [-0.05, 0) is 59.7 Å². The molecule has 4 rings (SSSR count). The predicted octanol–water partition coefficient (Wildman–Crippen LogP) is 0.848. The monoisotopic (exact) mass is 582 g/mol. The van der Waals surface area contributed by atoms with Gasteiger partial charge >= 0.3 is 37.7 Å². The fourth-order valence-electron chi connectivity index (χ4n) is 2.75. The summed E-state index contributed by atoms with van der Waals surface area (Å²) in [5.41, 5.74) is 0.291. The number of ether oxygens (including phenoxy) is 2. The number of hydrogen-bond acceptors (Lipinski definition) is 8. The average molecular weight is 583 g/mol. The van der Waals surface area contributed by atoms with Crippen LogP contribution in [0.15, 0.2) is 86.0 Å². The number of carbonyl (C=O) groups is 2. The van der Waals surface area contributed by atoms with Crippen LogP contribution in [0.1, 0.15) is 20.7 Å². The minimum absolute atomic E-state index is 0. The molecule has 0 saturated heterocycles. The van der Waals surface area contributed by atoms with Crippen molar-refractivity contribution < 1.29 is 29.3 Å². The van der Waals surface area contributed by atoms with E-state index in [9.17, 15) is 19.8 Å². The van der Waals surface area contributed by atoms with E-state index in [1.54, 1.807) is 49.3 Å². The Balaban J connectivity index is 0.000000341. The molecule has 36 heavy (non-hydrogen) atoms. The second-order valence-corrected chi connectivity index (χ2v) is 6.92. The molecule has 0 aliphatic rings. The van der Waals surface area contributed by atoms with Crippen LogP contribution in [0, 0.1) is 0 Å². The van der Waals surface area contributed by atoms with Gasteiger partial charge in [-0.2, -0.15) is 0 Å². The summed E-state index contributed by atoms with van der Waals surface area (Å²) < 4.78 is 14.7. The third-order valence-corrected chi connectivity index (χ3v) is 4.53. The van der Waals surface area contributed by atoms with Crippen molar-refractivity contribution in [2.75, 3.05) is 13.2 Å². The number of carboxylic acids is 2. The number of benzene rings is 2. The maximum atomic E-state index is 10.5. The summed E-state index contributed by atoms with van der Waals surface area (Å²) in [6.07, 6.45) is 10.5. The number of hydrogen-bond donors (Lipinski definition) is 0. The summed E-state index contributed by atoms with van der Waals surface area (Å²) in [6.45, 7) is 2.40. The molecule has 2 heterocycles. The Hall–Kier alpha value is -2.86. The molecule has 0 radical (unpaired) electrons. The molecule has 0 aliphatic heterocycles. The molecule has 12 heteroatoms. The molecule has 0 atom stereocenters. The van der Waals surface area contributed by atoms with E-state index >= 15 is 0 Å². The number of rotatable bonds is 10. The van der Waals surface area contributed by atoms with E-state index in [0.29, 0.717) is 37.8 Å². The Kier molecular flexibility index (Phi) is 14.5. The Bertz CT molecular complexity index is 1060. The van der Waals surface area contributed by atoms with Gasteiger partial charge in [-0.1, -0.05) is 0 Å². The Labute approximate surface area is 248 Å². The van der Waals surface area contributed by atoms with Gasteiger partial charge in [0.25, 0.3) is 0 Å². The van der Waals surface area contributed by atoms with Crippen LogP contribution in [0.3, 0.4) is 0 Å². The molecule has 2 aromatic heterocycles. The fraction of sp³-hybridized carbons (Fsp3) is 0.167. The van der Waals surface area contributed by atoms with Crippen molar-refractivity contribution in [3.63, 3.8) is 0 Å². The number of aromatic carboxylic acids is 2. The second-order valence-electron chi connectivity index (χ2n) is 6.92. The zero-order valence-corrected chi connectivity index (χ0v) is 23.2. The largest absolute Gasteiger partial charge is 2.00 e. The number of carboxylic acid groups (broad SMARTS) is 2. The number of nitrogens with zero attached hydrogens (tertiary/aromatic N) is 4. The zero-order chi connectivity index (χ0) is 24.2. The van der Waals surface area contributed by atoms with E-state index < -0.39 is 11.9 Å². The first kappa shape index (κ1) is 31.2. The number of imidazole rings is 2. The fourth-order valence-corrected chi connectivity index (χ4v) is 2.75. The maximum absolute atomic E-state index is 10.5. The molecule has 0 aliphatic carbocycles. The van der Waals surface area contributed by atoms with Gasteiger partial charge in [-0.15, -0.1) is 17.0 Å². The molecule has 0 unspecified atom stereocenters. The van der Waals surface area contributed by atoms with E-state index in [-0.39, 0.29) is 65.8 Å². The van der Waals surface area contributed by atoms with Crippen molar-refractivity contribution >= 4 is 66.7 Å².